The second-order valence-corrected chi connectivity index (χ2v) is 6.34. The minimum atomic E-state index is 0.00311. The van der Waals surface area contributed by atoms with Crippen LogP contribution in [-0.2, 0) is 0 Å². The first-order valence-electron chi connectivity index (χ1n) is 7.95. The molecule has 0 saturated carbocycles. The molecule has 0 N–H and O–H groups in total. The van der Waals surface area contributed by atoms with Crippen molar-refractivity contribution in [3.05, 3.63) is 59.7 Å². The monoisotopic (exact) mass is 354 g/mol. The summed E-state index contributed by atoms with van der Waals surface area (Å²) < 4.78 is 11.0. The summed E-state index contributed by atoms with van der Waals surface area (Å²) >= 11 is 1.24. The average molecular weight is 354 g/mol. The lowest BCUT2D eigenvalue weighted by Gasteiger charge is -2.03. The van der Waals surface area contributed by atoms with Crippen molar-refractivity contribution in [2.24, 2.45) is 0 Å². The van der Waals surface area contributed by atoms with Crippen LogP contribution in [0.25, 0.3) is 11.5 Å². The van der Waals surface area contributed by atoms with Gasteiger partial charge in [-0.3, -0.25) is 4.79 Å². The molecule has 0 radical (unpaired) electrons. The molecule has 0 aliphatic heterocycles. The lowest BCUT2D eigenvalue weighted by molar-refractivity contribution is 0.102. The predicted molar refractivity (Wildman–Crippen MR) is 97.1 cm³/mol. The first-order chi connectivity index (χ1) is 12.2. The van der Waals surface area contributed by atoms with E-state index < -0.39 is 0 Å². The fraction of sp³-hybridized carbons (Fsp3) is 0.211. The number of Topliss-reactive ketones (excluding diaryl/α,β-unsaturated/α-hetero) is 1. The third-order valence-electron chi connectivity index (χ3n) is 3.49. The Labute approximate surface area is 150 Å². The zero-order valence-corrected chi connectivity index (χ0v) is 14.9. The van der Waals surface area contributed by atoms with Crippen LogP contribution in [0, 0.1) is 6.92 Å². The molecular weight excluding hydrogens is 336 g/mol. The summed E-state index contributed by atoms with van der Waals surface area (Å²) in [5.74, 6) is 1.46. The van der Waals surface area contributed by atoms with Crippen molar-refractivity contribution >= 4 is 17.5 Å². The Balaban J connectivity index is 1.61. The maximum atomic E-state index is 12.3. The van der Waals surface area contributed by atoms with Gasteiger partial charge in [-0.1, -0.05) is 29.5 Å². The van der Waals surface area contributed by atoms with E-state index in [0.29, 0.717) is 23.3 Å². The van der Waals surface area contributed by atoms with Crippen LogP contribution in [0.5, 0.6) is 5.75 Å². The van der Waals surface area contributed by atoms with Gasteiger partial charge in [-0.2, -0.15) is 0 Å². The van der Waals surface area contributed by atoms with Crippen molar-refractivity contribution in [2.75, 3.05) is 12.4 Å². The number of aromatic nitrogens is 2. The number of hydrogen-bond acceptors (Lipinski definition) is 6. The third kappa shape index (κ3) is 4.48. The molecule has 3 rings (SSSR count). The van der Waals surface area contributed by atoms with Gasteiger partial charge < -0.3 is 9.15 Å². The third-order valence-corrected chi connectivity index (χ3v) is 4.30. The van der Waals surface area contributed by atoms with Crippen molar-refractivity contribution in [1.29, 1.82) is 0 Å². The Bertz CT molecular complexity index is 859. The molecule has 0 aliphatic rings. The number of thioether (sulfide) groups is 1. The first-order valence-corrected chi connectivity index (χ1v) is 8.93. The number of hydrogen-bond donors (Lipinski definition) is 0. The van der Waals surface area contributed by atoms with Gasteiger partial charge in [-0.05, 0) is 50.2 Å². The molecule has 0 aliphatic carbocycles. The van der Waals surface area contributed by atoms with E-state index in [-0.39, 0.29) is 11.5 Å². The molecule has 1 heterocycles. The highest BCUT2D eigenvalue weighted by molar-refractivity contribution is 7.99. The van der Waals surface area contributed by atoms with Gasteiger partial charge in [-0.25, -0.2) is 0 Å². The highest BCUT2D eigenvalue weighted by Gasteiger charge is 2.12. The van der Waals surface area contributed by atoms with E-state index in [1.807, 2.05) is 38.1 Å². The molecule has 1 aromatic heterocycles. The predicted octanol–water partition coefficient (Wildman–Crippen LogP) is 4.42. The molecule has 2 aromatic carbocycles. The van der Waals surface area contributed by atoms with Crippen LogP contribution in [0.4, 0.5) is 0 Å². The fourth-order valence-electron chi connectivity index (χ4n) is 2.28. The highest BCUT2D eigenvalue weighted by atomic mass is 32.2. The molecule has 0 bridgehead atoms. The molecular formula is C19H18N2O3S. The van der Waals surface area contributed by atoms with Crippen molar-refractivity contribution in [3.63, 3.8) is 0 Å². The van der Waals surface area contributed by atoms with E-state index in [1.54, 1.807) is 24.3 Å². The Morgan fingerprint density at radius 1 is 1.16 bits per heavy atom. The minimum Gasteiger partial charge on any atom is -0.494 e. The molecule has 25 heavy (non-hydrogen) atoms. The molecule has 128 valence electrons. The van der Waals surface area contributed by atoms with Gasteiger partial charge >= 0.3 is 0 Å². The van der Waals surface area contributed by atoms with Gasteiger partial charge in [-0.15, -0.1) is 10.2 Å². The average Bonchev–Trinajstić information content (AvgIpc) is 3.10. The van der Waals surface area contributed by atoms with E-state index in [0.717, 1.165) is 16.9 Å². The lowest BCUT2D eigenvalue weighted by Crippen LogP contribution is -2.02. The van der Waals surface area contributed by atoms with Crippen LogP contribution in [0.2, 0.25) is 0 Å². The molecule has 0 unspecified atom stereocenters. The standard InChI is InChI=1S/C19H18N2O3S/c1-3-23-16-9-7-14(8-10-16)17(22)12-25-19-21-20-18(24-19)15-6-4-5-13(2)11-15/h4-11H,3,12H2,1-2H3. The second kappa shape index (κ2) is 7.98. The van der Waals surface area contributed by atoms with E-state index in [1.165, 1.54) is 11.8 Å². The van der Waals surface area contributed by atoms with Crippen molar-refractivity contribution < 1.29 is 13.9 Å². The number of rotatable bonds is 7. The molecule has 0 fully saturated rings. The van der Waals surface area contributed by atoms with Crippen LogP contribution in [-0.4, -0.2) is 28.3 Å². The Morgan fingerprint density at radius 3 is 2.68 bits per heavy atom. The summed E-state index contributed by atoms with van der Waals surface area (Å²) in [5.41, 5.74) is 2.63. The molecule has 0 atom stereocenters. The van der Waals surface area contributed by atoms with E-state index >= 15 is 0 Å². The first kappa shape index (κ1) is 17.2. The lowest BCUT2D eigenvalue weighted by atomic mass is 10.1. The van der Waals surface area contributed by atoms with Gasteiger partial charge in [0.05, 0.1) is 12.4 Å². The van der Waals surface area contributed by atoms with Crippen LogP contribution < -0.4 is 4.74 Å². The number of benzene rings is 2. The summed E-state index contributed by atoms with van der Waals surface area (Å²) in [6.07, 6.45) is 0. The SMILES string of the molecule is CCOc1ccc(C(=O)CSc2nnc(-c3cccc(C)c3)o2)cc1. The fourth-order valence-corrected chi connectivity index (χ4v) is 2.93. The summed E-state index contributed by atoms with van der Waals surface area (Å²) in [6.45, 7) is 4.53. The van der Waals surface area contributed by atoms with Gasteiger partial charge in [0.2, 0.25) is 5.89 Å². The number of aryl methyl sites for hydroxylation is 1. The topological polar surface area (TPSA) is 65.2 Å². The molecule has 0 spiro atoms. The molecule has 3 aromatic rings. The summed E-state index contributed by atoms with van der Waals surface area (Å²) in [7, 11) is 0. The smallest absolute Gasteiger partial charge is 0.277 e. The van der Waals surface area contributed by atoms with E-state index in [9.17, 15) is 4.79 Å². The number of nitrogens with zero attached hydrogens (tertiary/aromatic N) is 2. The largest absolute Gasteiger partial charge is 0.494 e. The van der Waals surface area contributed by atoms with Crippen molar-refractivity contribution in [1.82, 2.24) is 10.2 Å². The van der Waals surface area contributed by atoms with Gasteiger partial charge in [0, 0.05) is 11.1 Å². The Hall–Kier alpha value is -2.60. The van der Waals surface area contributed by atoms with E-state index in [4.69, 9.17) is 9.15 Å². The van der Waals surface area contributed by atoms with Crippen LogP contribution >= 0.6 is 11.8 Å². The number of carbonyl (C=O) groups excluding carboxylic acids is 1. The zero-order valence-electron chi connectivity index (χ0n) is 14.1. The van der Waals surface area contributed by atoms with E-state index in [2.05, 4.69) is 10.2 Å². The quantitative estimate of drug-likeness (QED) is 0.462. The maximum Gasteiger partial charge on any atom is 0.277 e. The summed E-state index contributed by atoms with van der Waals surface area (Å²) in [5, 5.41) is 8.43. The Morgan fingerprint density at radius 2 is 1.96 bits per heavy atom. The van der Waals surface area contributed by atoms with Crippen LogP contribution in [0.1, 0.15) is 22.8 Å². The number of ketones is 1. The molecule has 6 heteroatoms. The molecule has 0 saturated heterocycles. The summed E-state index contributed by atoms with van der Waals surface area (Å²) in [6, 6.07) is 15.0. The number of ether oxygens (including phenoxy) is 1. The van der Waals surface area contributed by atoms with Gasteiger partial charge in [0.25, 0.3) is 5.22 Å². The number of carbonyl (C=O) groups is 1. The normalized spacial score (nSPS) is 10.6. The molecule has 0 amide bonds. The van der Waals surface area contributed by atoms with Crippen LogP contribution in [0.3, 0.4) is 0 Å². The van der Waals surface area contributed by atoms with Crippen molar-refractivity contribution in [2.45, 2.75) is 19.1 Å². The van der Waals surface area contributed by atoms with Crippen molar-refractivity contribution in [3.8, 4) is 17.2 Å². The highest BCUT2D eigenvalue weighted by Crippen LogP contribution is 2.24. The van der Waals surface area contributed by atoms with Crippen LogP contribution in [0.15, 0.2) is 58.2 Å². The van der Waals surface area contributed by atoms with Gasteiger partial charge in [0.1, 0.15) is 5.75 Å². The second-order valence-electron chi connectivity index (χ2n) is 5.41. The summed E-state index contributed by atoms with van der Waals surface area (Å²) in [4.78, 5) is 12.3. The minimum absolute atomic E-state index is 0.00311. The Kier molecular flexibility index (Phi) is 5.50. The zero-order chi connectivity index (χ0) is 17.6. The molecule has 5 nitrogen and oxygen atoms in total. The van der Waals surface area contributed by atoms with Gasteiger partial charge in [0.15, 0.2) is 5.78 Å². The maximum absolute atomic E-state index is 12.3.